The van der Waals surface area contributed by atoms with Gasteiger partial charge < -0.3 is 11.5 Å². The third kappa shape index (κ3) is 1.80. The van der Waals surface area contributed by atoms with Gasteiger partial charge in [-0.05, 0) is 0 Å². The highest BCUT2D eigenvalue weighted by Crippen LogP contribution is 2.09. The zero-order valence-corrected chi connectivity index (χ0v) is 6.61. The first-order valence-electron chi connectivity index (χ1n) is 2.77. The van der Waals surface area contributed by atoms with E-state index < -0.39 is 15.1 Å². The third-order valence-corrected chi connectivity index (χ3v) is 1.74. The molecular weight excluding hydrogens is 184 g/mol. The van der Waals surface area contributed by atoms with E-state index in [0.29, 0.717) is 0 Å². The molecule has 1 rings (SSSR count). The Morgan fingerprint density at radius 3 is 2.33 bits per heavy atom. The zero-order chi connectivity index (χ0) is 9.35. The van der Waals surface area contributed by atoms with Gasteiger partial charge in [-0.25, -0.2) is 0 Å². The molecule has 12 heavy (non-hydrogen) atoms. The maximum atomic E-state index is 10.5. The van der Waals surface area contributed by atoms with Crippen LogP contribution in [0, 0.1) is 0 Å². The van der Waals surface area contributed by atoms with Gasteiger partial charge in [0.1, 0.15) is 5.82 Å². The molecule has 0 unspecified atom stereocenters. The molecular formula is C4H6N4O3S. The van der Waals surface area contributed by atoms with E-state index in [4.69, 9.17) is 16.0 Å². The van der Waals surface area contributed by atoms with Crippen LogP contribution in [0.3, 0.4) is 0 Å². The van der Waals surface area contributed by atoms with E-state index in [-0.39, 0.29) is 11.8 Å². The molecule has 1 aromatic rings. The summed E-state index contributed by atoms with van der Waals surface area (Å²) in [5, 5.41) is -0.604. The van der Waals surface area contributed by atoms with E-state index in [1.165, 1.54) is 0 Å². The summed E-state index contributed by atoms with van der Waals surface area (Å²) >= 11 is 0. The second-order valence-electron chi connectivity index (χ2n) is 1.96. The quantitative estimate of drug-likeness (QED) is 0.377. The fourth-order valence-electron chi connectivity index (χ4n) is 0.593. The second-order valence-corrected chi connectivity index (χ2v) is 3.33. The first kappa shape index (κ1) is 8.68. The van der Waals surface area contributed by atoms with Crippen LogP contribution in [0.15, 0.2) is 11.1 Å². The standard InChI is InChI=1S/C4H6N4O3S/c5-2-1-3(12(9,10)11)8-4(6)7-2/h1H,(H,9,10,11)(H4,5,6,7,8). The van der Waals surface area contributed by atoms with E-state index in [2.05, 4.69) is 9.97 Å². The molecule has 0 aliphatic heterocycles. The van der Waals surface area contributed by atoms with Gasteiger partial charge in [-0.15, -0.1) is 0 Å². The summed E-state index contributed by atoms with van der Waals surface area (Å²) < 4.78 is 29.5. The lowest BCUT2D eigenvalue weighted by molar-refractivity contribution is 0.479. The minimum atomic E-state index is -4.36. The molecule has 0 saturated heterocycles. The van der Waals surface area contributed by atoms with Crippen molar-refractivity contribution in [2.75, 3.05) is 11.5 Å². The molecule has 0 atom stereocenters. The number of nitrogen functional groups attached to an aromatic ring is 2. The molecule has 0 aliphatic rings. The molecule has 1 aromatic heterocycles. The highest BCUT2D eigenvalue weighted by molar-refractivity contribution is 7.85. The van der Waals surface area contributed by atoms with Crippen molar-refractivity contribution < 1.29 is 13.0 Å². The molecule has 7 nitrogen and oxygen atoms in total. The number of hydrogen-bond acceptors (Lipinski definition) is 6. The molecule has 0 amide bonds. The molecule has 1 heterocycles. The van der Waals surface area contributed by atoms with Crippen molar-refractivity contribution in [3.63, 3.8) is 0 Å². The van der Waals surface area contributed by atoms with Crippen molar-refractivity contribution in [3.8, 4) is 0 Å². The summed E-state index contributed by atoms with van der Waals surface area (Å²) in [6.45, 7) is 0. The van der Waals surface area contributed by atoms with Crippen LogP contribution in [0.25, 0.3) is 0 Å². The average molecular weight is 190 g/mol. The maximum absolute atomic E-state index is 10.5. The lowest BCUT2D eigenvalue weighted by Crippen LogP contribution is -2.07. The van der Waals surface area contributed by atoms with Crippen molar-refractivity contribution in [3.05, 3.63) is 6.07 Å². The maximum Gasteiger partial charge on any atom is 0.312 e. The van der Waals surface area contributed by atoms with Gasteiger partial charge in [0.2, 0.25) is 5.95 Å². The summed E-state index contributed by atoms with van der Waals surface area (Å²) in [6, 6.07) is 0.908. The Bertz CT molecular complexity index is 381. The number of hydrogen-bond donors (Lipinski definition) is 3. The molecule has 5 N–H and O–H groups in total. The van der Waals surface area contributed by atoms with Crippen LogP contribution < -0.4 is 11.5 Å². The number of aromatic nitrogens is 2. The summed E-state index contributed by atoms with van der Waals surface area (Å²) in [7, 11) is -4.36. The smallest absolute Gasteiger partial charge is 0.312 e. The van der Waals surface area contributed by atoms with Crippen LogP contribution >= 0.6 is 0 Å². The fraction of sp³-hybridized carbons (Fsp3) is 0. The van der Waals surface area contributed by atoms with Gasteiger partial charge in [-0.2, -0.15) is 18.4 Å². The molecule has 0 saturated carbocycles. The Labute approximate surface area is 68.2 Å². The Morgan fingerprint density at radius 1 is 1.33 bits per heavy atom. The van der Waals surface area contributed by atoms with Gasteiger partial charge in [0, 0.05) is 6.07 Å². The molecule has 0 bridgehead atoms. The highest BCUT2D eigenvalue weighted by Gasteiger charge is 2.12. The topological polar surface area (TPSA) is 132 Å². The average Bonchev–Trinajstić information content (AvgIpc) is 1.82. The number of nitrogens with two attached hydrogens (primary N) is 2. The van der Waals surface area contributed by atoms with E-state index in [1.54, 1.807) is 0 Å². The lowest BCUT2D eigenvalue weighted by atomic mass is 10.6. The number of anilines is 2. The minimum absolute atomic E-state index is 0.116. The van der Waals surface area contributed by atoms with Crippen LogP contribution in [0.2, 0.25) is 0 Å². The summed E-state index contributed by atoms with van der Waals surface area (Å²) in [6.07, 6.45) is 0. The first-order chi connectivity index (χ1) is 5.39. The van der Waals surface area contributed by atoms with Crippen LogP contribution in [-0.4, -0.2) is 22.9 Å². The van der Waals surface area contributed by atoms with Gasteiger partial charge >= 0.3 is 10.1 Å². The van der Waals surface area contributed by atoms with Crippen LogP contribution in [0.1, 0.15) is 0 Å². The third-order valence-electron chi connectivity index (χ3n) is 1.00. The monoisotopic (exact) mass is 190 g/mol. The fourth-order valence-corrected chi connectivity index (χ4v) is 1.07. The highest BCUT2D eigenvalue weighted by atomic mass is 32.2. The molecule has 0 aliphatic carbocycles. The van der Waals surface area contributed by atoms with Crippen molar-refractivity contribution in [2.45, 2.75) is 5.03 Å². The predicted molar refractivity (Wildman–Crippen MR) is 40.7 cm³/mol. The van der Waals surface area contributed by atoms with Crippen LogP contribution in [-0.2, 0) is 10.1 Å². The lowest BCUT2D eigenvalue weighted by Gasteiger charge is -1.98. The molecule has 0 aromatic carbocycles. The Kier molecular flexibility index (Phi) is 1.86. The number of rotatable bonds is 1. The van der Waals surface area contributed by atoms with Gasteiger partial charge in [0.25, 0.3) is 0 Å². The normalized spacial score (nSPS) is 11.4. The summed E-state index contributed by atoms with van der Waals surface area (Å²) in [5.41, 5.74) is 10.2. The number of nitrogens with zero attached hydrogens (tertiary/aromatic N) is 2. The first-order valence-corrected chi connectivity index (χ1v) is 4.21. The van der Waals surface area contributed by atoms with E-state index in [0.717, 1.165) is 6.07 Å². The largest absolute Gasteiger partial charge is 0.383 e. The molecule has 0 radical (unpaired) electrons. The minimum Gasteiger partial charge on any atom is -0.383 e. The van der Waals surface area contributed by atoms with Crippen molar-refractivity contribution in [2.24, 2.45) is 0 Å². The van der Waals surface area contributed by atoms with Gasteiger partial charge in [-0.1, -0.05) is 0 Å². The summed E-state index contributed by atoms with van der Waals surface area (Å²) in [4.78, 5) is 6.67. The second kappa shape index (κ2) is 2.57. The van der Waals surface area contributed by atoms with E-state index >= 15 is 0 Å². The van der Waals surface area contributed by atoms with Crippen molar-refractivity contribution >= 4 is 21.9 Å². The SMILES string of the molecule is Nc1cc(S(=O)(=O)O)nc(N)n1. The molecule has 0 fully saturated rings. The molecule has 66 valence electrons. The zero-order valence-electron chi connectivity index (χ0n) is 5.80. The van der Waals surface area contributed by atoms with Gasteiger partial charge in [0.05, 0.1) is 0 Å². The Morgan fingerprint density at radius 2 is 1.92 bits per heavy atom. The van der Waals surface area contributed by atoms with Gasteiger partial charge in [-0.3, -0.25) is 4.55 Å². The van der Waals surface area contributed by atoms with Gasteiger partial charge in [0.15, 0.2) is 5.03 Å². The molecule has 8 heteroatoms. The summed E-state index contributed by atoms with van der Waals surface area (Å²) in [5.74, 6) is -0.419. The Balaban J connectivity index is 3.37. The van der Waals surface area contributed by atoms with E-state index in [1.807, 2.05) is 0 Å². The predicted octanol–water partition coefficient (Wildman–Crippen LogP) is -1.11. The van der Waals surface area contributed by atoms with Crippen molar-refractivity contribution in [1.82, 2.24) is 9.97 Å². The van der Waals surface area contributed by atoms with Crippen LogP contribution in [0.4, 0.5) is 11.8 Å². The Hall–Kier alpha value is -1.41. The van der Waals surface area contributed by atoms with Crippen molar-refractivity contribution in [1.29, 1.82) is 0 Å². The van der Waals surface area contributed by atoms with Crippen LogP contribution in [0.5, 0.6) is 0 Å². The van der Waals surface area contributed by atoms with E-state index in [9.17, 15) is 8.42 Å². The molecule has 0 spiro atoms.